The standard InChI is InChI=1S/C55H36N2/c1-5-17-37(18-6-1)41-35-56-54(57-36-41)40-30-32-48-49(33-40)53(47-27-14-13-26-46(47)52(48)38-19-7-2-8-20-38)39-29-31-45-44-25-15-16-28-50(44)55(51(45)34-39,42-21-9-3-10-22-42)43-23-11-4-12-24-43/h1-36H. The molecule has 2 nitrogen and oxygen atoms in total. The van der Waals surface area contributed by atoms with E-state index < -0.39 is 5.41 Å². The fourth-order valence-corrected chi connectivity index (χ4v) is 9.40. The number of aromatic nitrogens is 2. The van der Waals surface area contributed by atoms with Crippen molar-refractivity contribution in [1.82, 2.24) is 9.97 Å². The molecule has 0 bridgehead atoms. The van der Waals surface area contributed by atoms with Crippen molar-refractivity contribution in [2.45, 2.75) is 5.41 Å². The van der Waals surface area contributed by atoms with E-state index in [2.05, 4.69) is 188 Å². The van der Waals surface area contributed by atoms with Crippen LogP contribution >= 0.6 is 0 Å². The summed E-state index contributed by atoms with van der Waals surface area (Å²) in [6, 6.07) is 75.0. The first kappa shape index (κ1) is 33.0. The van der Waals surface area contributed by atoms with Crippen molar-refractivity contribution in [2.24, 2.45) is 0 Å². The highest BCUT2D eigenvalue weighted by atomic mass is 14.9. The van der Waals surface area contributed by atoms with Crippen molar-refractivity contribution < 1.29 is 0 Å². The quantitative estimate of drug-likeness (QED) is 0.160. The Balaban J connectivity index is 1.21. The molecule has 0 saturated carbocycles. The van der Waals surface area contributed by atoms with Gasteiger partial charge in [0.05, 0.1) is 5.41 Å². The molecule has 0 saturated heterocycles. The maximum Gasteiger partial charge on any atom is 0.159 e. The maximum atomic E-state index is 4.92. The summed E-state index contributed by atoms with van der Waals surface area (Å²) in [6.07, 6.45) is 3.87. The molecule has 1 aromatic heterocycles. The number of fused-ring (bicyclic) bond motifs is 5. The smallest absolute Gasteiger partial charge is 0.159 e. The van der Waals surface area contributed by atoms with Crippen molar-refractivity contribution in [3.63, 3.8) is 0 Å². The van der Waals surface area contributed by atoms with E-state index in [0.29, 0.717) is 5.82 Å². The lowest BCUT2D eigenvalue weighted by molar-refractivity contribution is 0.769. The van der Waals surface area contributed by atoms with Gasteiger partial charge in [-0.15, -0.1) is 0 Å². The Labute approximate surface area is 332 Å². The van der Waals surface area contributed by atoms with E-state index in [-0.39, 0.29) is 0 Å². The van der Waals surface area contributed by atoms with E-state index in [9.17, 15) is 0 Å². The lowest BCUT2D eigenvalue weighted by atomic mass is 9.67. The molecule has 57 heavy (non-hydrogen) atoms. The summed E-state index contributed by atoms with van der Waals surface area (Å²) in [7, 11) is 0. The summed E-state index contributed by atoms with van der Waals surface area (Å²) in [5, 5.41) is 4.80. The Morgan fingerprint density at radius 2 is 0.789 bits per heavy atom. The Morgan fingerprint density at radius 3 is 1.44 bits per heavy atom. The van der Waals surface area contributed by atoms with Gasteiger partial charge in [0, 0.05) is 23.5 Å². The molecule has 0 spiro atoms. The minimum Gasteiger partial charge on any atom is -0.236 e. The second-order valence-corrected chi connectivity index (χ2v) is 14.9. The zero-order chi connectivity index (χ0) is 37.8. The summed E-state index contributed by atoms with van der Waals surface area (Å²) in [4.78, 5) is 9.85. The fourth-order valence-electron chi connectivity index (χ4n) is 9.40. The van der Waals surface area contributed by atoms with Crippen molar-refractivity contribution in [2.75, 3.05) is 0 Å². The van der Waals surface area contributed by atoms with Gasteiger partial charge in [-0.25, -0.2) is 9.97 Å². The van der Waals surface area contributed by atoms with Crippen LogP contribution in [0.5, 0.6) is 0 Å². The molecule has 266 valence electrons. The van der Waals surface area contributed by atoms with Crippen LogP contribution in [0, 0.1) is 0 Å². The summed E-state index contributed by atoms with van der Waals surface area (Å²) < 4.78 is 0. The molecule has 0 unspecified atom stereocenters. The molecule has 0 amide bonds. The Bertz CT molecular complexity index is 3040. The first-order valence-corrected chi connectivity index (χ1v) is 19.6. The van der Waals surface area contributed by atoms with Gasteiger partial charge in [-0.1, -0.05) is 194 Å². The van der Waals surface area contributed by atoms with Crippen LogP contribution in [0.3, 0.4) is 0 Å². The number of nitrogens with zero attached hydrogens (tertiary/aromatic N) is 2. The van der Waals surface area contributed by atoms with E-state index in [0.717, 1.165) is 16.7 Å². The van der Waals surface area contributed by atoms with Gasteiger partial charge in [0.1, 0.15) is 0 Å². The van der Waals surface area contributed by atoms with Gasteiger partial charge in [-0.05, 0) is 94.9 Å². The van der Waals surface area contributed by atoms with Crippen LogP contribution in [-0.4, -0.2) is 9.97 Å². The van der Waals surface area contributed by atoms with Crippen LogP contribution in [0.4, 0.5) is 0 Å². The first-order valence-electron chi connectivity index (χ1n) is 19.6. The maximum absolute atomic E-state index is 4.92. The van der Waals surface area contributed by atoms with Crippen molar-refractivity contribution >= 4 is 21.5 Å². The molecule has 9 aromatic carbocycles. The fraction of sp³-hybridized carbons (Fsp3) is 0.0182. The SMILES string of the molecule is c1ccc(-c2cnc(-c3ccc4c(-c5ccccc5)c5ccccc5c(-c5ccc6c(c5)C(c5ccccc5)(c5ccccc5)c5ccccc5-6)c4c3)nc2)cc1. The third-order valence-electron chi connectivity index (χ3n) is 11.9. The minimum absolute atomic E-state index is 0.500. The molecule has 2 heteroatoms. The molecule has 1 aliphatic rings. The predicted octanol–water partition coefficient (Wildman–Crippen LogP) is 13.8. The summed E-state index contributed by atoms with van der Waals surface area (Å²) in [6.45, 7) is 0. The monoisotopic (exact) mass is 724 g/mol. The second kappa shape index (κ2) is 13.4. The summed E-state index contributed by atoms with van der Waals surface area (Å²) in [5.41, 5.74) is 15.0. The lowest BCUT2D eigenvalue weighted by Gasteiger charge is -2.34. The van der Waals surface area contributed by atoms with E-state index in [4.69, 9.17) is 9.97 Å². The summed E-state index contributed by atoms with van der Waals surface area (Å²) >= 11 is 0. The van der Waals surface area contributed by atoms with Crippen LogP contribution in [0.25, 0.3) is 77.4 Å². The molecule has 0 atom stereocenters. The molecule has 10 aromatic rings. The largest absolute Gasteiger partial charge is 0.236 e. The number of hydrogen-bond donors (Lipinski definition) is 0. The van der Waals surface area contributed by atoms with Crippen molar-refractivity contribution in [1.29, 1.82) is 0 Å². The van der Waals surface area contributed by atoms with E-state index in [1.54, 1.807) is 0 Å². The normalized spacial score (nSPS) is 12.7. The molecule has 0 radical (unpaired) electrons. The molecule has 0 N–H and O–H groups in total. The van der Waals surface area contributed by atoms with Crippen molar-refractivity contribution in [3.8, 4) is 55.9 Å². The predicted molar refractivity (Wildman–Crippen MR) is 236 cm³/mol. The van der Waals surface area contributed by atoms with Crippen LogP contribution in [0.1, 0.15) is 22.3 Å². The number of benzene rings is 9. The topological polar surface area (TPSA) is 25.8 Å². The first-order chi connectivity index (χ1) is 28.3. The van der Waals surface area contributed by atoms with E-state index >= 15 is 0 Å². The highest BCUT2D eigenvalue weighted by Crippen LogP contribution is 2.57. The molecule has 1 heterocycles. The Kier molecular flexibility index (Phi) is 7.75. The highest BCUT2D eigenvalue weighted by Gasteiger charge is 2.46. The van der Waals surface area contributed by atoms with Gasteiger partial charge in [0.15, 0.2) is 5.82 Å². The van der Waals surface area contributed by atoms with Gasteiger partial charge in [0.2, 0.25) is 0 Å². The Hall–Kier alpha value is -7.42. The van der Waals surface area contributed by atoms with Crippen LogP contribution < -0.4 is 0 Å². The van der Waals surface area contributed by atoms with Gasteiger partial charge in [0.25, 0.3) is 0 Å². The van der Waals surface area contributed by atoms with Gasteiger partial charge < -0.3 is 0 Å². The zero-order valence-corrected chi connectivity index (χ0v) is 31.2. The van der Waals surface area contributed by atoms with Gasteiger partial charge in [-0.3, -0.25) is 0 Å². The lowest BCUT2D eigenvalue weighted by Crippen LogP contribution is -2.28. The molecular formula is C55H36N2. The van der Waals surface area contributed by atoms with Gasteiger partial charge >= 0.3 is 0 Å². The second-order valence-electron chi connectivity index (χ2n) is 14.9. The number of rotatable bonds is 6. The molecule has 1 aliphatic carbocycles. The average molecular weight is 725 g/mol. The van der Waals surface area contributed by atoms with Crippen LogP contribution in [-0.2, 0) is 5.41 Å². The van der Waals surface area contributed by atoms with E-state index in [1.807, 2.05) is 30.6 Å². The van der Waals surface area contributed by atoms with Gasteiger partial charge in [-0.2, -0.15) is 0 Å². The molecule has 0 aliphatic heterocycles. The summed E-state index contributed by atoms with van der Waals surface area (Å²) in [5.74, 6) is 0.702. The van der Waals surface area contributed by atoms with Crippen molar-refractivity contribution in [3.05, 3.63) is 241 Å². The van der Waals surface area contributed by atoms with Crippen LogP contribution in [0.2, 0.25) is 0 Å². The third-order valence-corrected chi connectivity index (χ3v) is 11.9. The third kappa shape index (κ3) is 5.18. The molecular weight excluding hydrogens is 689 g/mol. The number of hydrogen-bond acceptors (Lipinski definition) is 2. The average Bonchev–Trinajstić information content (AvgIpc) is 3.59. The van der Waals surface area contributed by atoms with E-state index in [1.165, 1.54) is 77.2 Å². The molecule has 0 fully saturated rings. The Morgan fingerprint density at radius 1 is 0.298 bits per heavy atom. The highest BCUT2D eigenvalue weighted by molar-refractivity contribution is 6.22. The minimum atomic E-state index is -0.500. The molecule has 11 rings (SSSR count). The zero-order valence-electron chi connectivity index (χ0n) is 31.2. The van der Waals surface area contributed by atoms with Crippen LogP contribution in [0.15, 0.2) is 219 Å².